The van der Waals surface area contributed by atoms with Crippen LogP contribution >= 0.6 is 11.6 Å². The van der Waals surface area contributed by atoms with Crippen molar-refractivity contribution < 1.29 is 31.9 Å². The molecule has 248 valence electrons. The highest BCUT2D eigenvalue weighted by molar-refractivity contribution is 6.33. The number of nitrogens with zero attached hydrogens (tertiary/aromatic N) is 7. The summed E-state index contributed by atoms with van der Waals surface area (Å²) in [6, 6.07) is 2.60. The molecule has 6 rings (SSSR count). The SMILES string of the molecule is CCc1c(N2CCN(C(=O)c3nc[nH]c3F)CC2)c(=O)n2nc(C3=CCOCC3)nc2n1CC(=O)Nc1ccc(C(F)(F)F)cc1Cl. The molecule has 5 heterocycles. The molecule has 0 saturated carbocycles. The van der Waals surface area contributed by atoms with Crippen molar-refractivity contribution in [2.24, 2.45) is 0 Å². The van der Waals surface area contributed by atoms with Crippen molar-refractivity contribution in [2.45, 2.75) is 32.5 Å². The van der Waals surface area contributed by atoms with Gasteiger partial charge < -0.3 is 29.4 Å². The first-order valence-electron chi connectivity index (χ1n) is 14.7. The van der Waals surface area contributed by atoms with Gasteiger partial charge in [-0.1, -0.05) is 24.6 Å². The van der Waals surface area contributed by atoms with Crippen molar-refractivity contribution in [2.75, 3.05) is 49.6 Å². The van der Waals surface area contributed by atoms with Crippen LogP contribution in [0.4, 0.5) is 28.9 Å². The van der Waals surface area contributed by atoms with Crippen LogP contribution in [0.1, 0.15) is 40.9 Å². The number of piperazine rings is 1. The van der Waals surface area contributed by atoms with Gasteiger partial charge in [-0.25, -0.2) is 4.98 Å². The van der Waals surface area contributed by atoms with Gasteiger partial charge in [-0.05, 0) is 36.6 Å². The van der Waals surface area contributed by atoms with Crippen molar-refractivity contribution in [3.8, 4) is 0 Å². The lowest BCUT2D eigenvalue weighted by Gasteiger charge is -2.36. The Morgan fingerprint density at radius 2 is 1.94 bits per heavy atom. The first kappa shape index (κ1) is 32.2. The number of aromatic nitrogens is 6. The van der Waals surface area contributed by atoms with Gasteiger partial charge >= 0.3 is 6.18 Å². The van der Waals surface area contributed by atoms with Gasteiger partial charge in [-0.15, -0.1) is 5.10 Å². The Kier molecular flexibility index (Phi) is 8.76. The van der Waals surface area contributed by atoms with Gasteiger partial charge in [0, 0.05) is 26.2 Å². The number of hydrogen-bond acceptors (Lipinski definition) is 8. The average molecular weight is 678 g/mol. The molecule has 1 saturated heterocycles. The number of alkyl halides is 3. The highest BCUT2D eigenvalue weighted by atomic mass is 35.5. The molecular formula is C29H28ClF4N9O4. The summed E-state index contributed by atoms with van der Waals surface area (Å²) < 4.78 is 61.4. The number of hydrogen-bond donors (Lipinski definition) is 2. The third-order valence-electron chi connectivity index (χ3n) is 7.96. The predicted molar refractivity (Wildman–Crippen MR) is 162 cm³/mol. The second kappa shape index (κ2) is 12.8. The molecule has 13 nitrogen and oxygen atoms in total. The van der Waals surface area contributed by atoms with E-state index in [4.69, 9.17) is 16.3 Å². The van der Waals surface area contributed by atoms with E-state index in [1.54, 1.807) is 11.8 Å². The van der Waals surface area contributed by atoms with Crippen molar-refractivity contribution in [3.63, 3.8) is 0 Å². The summed E-state index contributed by atoms with van der Waals surface area (Å²) in [6.07, 6.45) is -0.913. The molecule has 2 amide bonds. The lowest BCUT2D eigenvalue weighted by Crippen LogP contribution is -2.51. The number of benzene rings is 1. The minimum Gasteiger partial charge on any atom is -0.377 e. The molecule has 0 unspecified atom stereocenters. The Labute approximate surface area is 268 Å². The maximum atomic E-state index is 14.0. The van der Waals surface area contributed by atoms with E-state index >= 15 is 0 Å². The van der Waals surface area contributed by atoms with Gasteiger partial charge in [-0.2, -0.15) is 27.1 Å². The highest BCUT2D eigenvalue weighted by Crippen LogP contribution is 2.34. The summed E-state index contributed by atoms with van der Waals surface area (Å²) in [5.74, 6) is -1.67. The van der Waals surface area contributed by atoms with Gasteiger partial charge in [-0.3, -0.25) is 14.4 Å². The van der Waals surface area contributed by atoms with E-state index in [9.17, 15) is 31.9 Å². The molecule has 0 aliphatic carbocycles. The van der Waals surface area contributed by atoms with Crippen molar-refractivity contribution in [3.05, 3.63) is 74.7 Å². The summed E-state index contributed by atoms with van der Waals surface area (Å²) >= 11 is 6.08. The minimum atomic E-state index is -4.61. The number of nitrogens with one attached hydrogen (secondary N) is 2. The zero-order chi connectivity index (χ0) is 33.5. The van der Waals surface area contributed by atoms with Crippen molar-refractivity contribution in [1.29, 1.82) is 0 Å². The molecule has 1 fully saturated rings. The first-order valence-corrected chi connectivity index (χ1v) is 15.0. The standard InChI is InChI=1S/C29H28ClF4N9O4/c1-2-20-23(40-7-9-41(10-8-40)26(45)22-24(31)36-15-35-22)27(46)43-28(38-25(39-43)16-5-11-47-12-6-16)42(20)14-21(44)37-19-4-3-17(13-18(19)30)29(32,33)34/h3-5,13,15H,2,6-12,14H2,1H3,(H,35,36)(H,37,44). The maximum absolute atomic E-state index is 14.0. The van der Waals surface area contributed by atoms with Crippen LogP contribution in [0.2, 0.25) is 5.02 Å². The second-order valence-electron chi connectivity index (χ2n) is 10.8. The predicted octanol–water partition coefficient (Wildman–Crippen LogP) is 3.39. The number of fused-ring (bicyclic) bond motifs is 1. The molecule has 2 aliphatic heterocycles. The quantitative estimate of drug-likeness (QED) is 0.284. The summed E-state index contributed by atoms with van der Waals surface area (Å²) in [5, 5.41) is 6.75. The zero-order valence-electron chi connectivity index (χ0n) is 24.9. The van der Waals surface area contributed by atoms with Crippen LogP contribution in [-0.4, -0.2) is 85.2 Å². The average Bonchev–Trinajstić information content (AvgIpc) is 3.70. The summed E-state index contributed by atoms with van der Waals surface area (Å²) in [4.78, 5) is 54.1. The maximum Gasteiger partial charge on any atom is 0.416 e. The normalized spacial score (nSPS) is 15.7. The topological polar surface area (TPSA) is 143 Å². The lowest BCUT2D eigenvalue weighted by molar-refractivity contribution is -0.137. The number of aromatic amines is 1. The molecule has 47 heavy (non-hydrogen) atoms. The summed E-state index contributed by atoms with van der Waals surface area (Å²) in [5.41, 5.74) is -0.329. The Balaban J connectivity index is 1.35. The number of carbonyl (C=O) groups excluding carboxylic acids is 2. The number of H-pyrrole nitrogens is 1. The van der Waals surface area contributed by atoms with E-state index in [2.05, 4.69) is 25.4 Å². The molecule has 2 aliphatic rings. The molecule has 18 heteroatoms. The van der Waals surface area contributed by atoms with E-state index in [0.717, 1.165) is 34.6 Å². The van der Waals surface area contributed by atoms with Crippen molar-refractivity contribution in [1.82, 2.24) is 34.0 Å². The number of carbonyl (C=O) groups is 2. The Hall–Kier alpha value is -4.77. The van der Waals surface area contributed by atoms with Crippen LogP contribution in [0.3, 0.4) is 0 Å². The monoisotopic (exact) mass is 677 g/mol. The highest BCUT2D eigenvalue weighted by Gasteiger charge is 2.32. The van der Waals surface area contributed by atoms with E-state index in [-0.39, 0.29) is 67.0 Å². The van der Waals surface area contributed by atoms with Crippen LogP contribution in [0.5, 0.6) is 0 Å². The fraction of sp³-hybridized carbons (Fsp3) is 0.379. The molecule has 3 aromatic heterocycles. The van der Waals surface area contributed by atoms with E-state index in [1.807, 2.05) is 6.08 Å². The molecule has 4 aromatic rings. The van der Waals surface area contributed by atoms with Crippen molar-refractivity contribution >= 4 is 46.1 Å². The van der Waals surface area contributed by atoms with E-state index in [1.165, 1.54) is 9.47 Å². The molecule has 0 atom stereocenters. The number of imidazole rings is 1. The number of halogens is 5. The van der Waals surface area contributed by atoms with Gasteiger partial charge in [0.1, 0.15) is 12.2 Å². The van der Waals surface area contributed by atoms with Crippen LogP contribution in [-0.2, 0) is 28.7 Å². The molecule has 1 aromatic carbocycles. The molecule has 0 spiro atoms. The largest absolute Gasteiger partial charge is 0.416 e. The zero-order valence-corrected chi connectivity index (χ0v) is 25.7. The third-order valence-corrected chi connectivity index (χ3v) is 8.27. The fourth-order valence-electron chi connectivity index (χ4n) is 5.63. The number of amides is 2. The van der Waals surface area contributed by atoms with Crippen LogP contribution in [0.15, 0.2) is 35.4 Å². The van der Waals surface area contributed by atoms with Gasteiger partial charge in [0.2, 0.25) is 17.6 Å². The second-order valence-corrected chi connectivity index (χ2v) is 11.2. The van der Waals surface area contributed by atoms with Crippen LogP contribution in [0, 0.1) is 5.95 Å². The van der Waals surface area contributed by atoms with Gasteiger partial charge in [0.25, 0.3) is 11.5 Å². The fourth-order valence-corrected chi connectivity index (χ4v) is 5.86. The van der Waals surface area contributed by atoms with Gasteiger partial charge in [0.15, 0.2) is 11.5 Å². The third kappa shape index (κ3) is 6.32. The van der Waals surface area contributed by atoms with E-state index < -0.39 is 35.1 Å². The summed E-state index contributed by atoms with van der Waals surface area (Å²) in [7, 11) is 0. The molecule has 0 radical (unpaired) electrons. The smallest absolute Gasteiger partial charge is 0.377 e. The number of rotatable bonds is 7. The Bertz CT molecular complexity index is 1940. The first-order chi connectivity index (χ1) is 22.5. The molecular weight excluding hydrogens is 650 g/mol. The molecule has 0 bridgehead atoms. The molecule has 2 N–H and O–H groups in total. The number of ether oxygens (including phenoxy) is 1. The van der Waals surface area contributed by atoms with Crippen LogP contribution < -0.4 is 15.8 Å². The Morgan fingerprint density at radius 1 is 1.17 bits per heavy atom. The number of anilines is 2. The summed E-state index contributed by atoms with van der Waals surface area (Å²) in [6.45, 7) is 2.96. The Morgan fingerprint density at radius 3 is 2.55 bits per heavy atom. The lowest BCUT2D eigenvalue weighted by atomic mass is 10.1. The van der Waals surface area contributed by atoms with Crippen LogP contribution in [0.25, 0.3) is 11.4 Å². The minimum absolute atomic E-state index is 0.0244. The van der Waals surface area contributed by atoms with Gasteiger partial charge in [0.05, 0.1) is 41.5 Å². The van der Waals surface area contributed by atoms with E-state index in [0.29, 0.717) is 31.2 Å².